The second-order valence-electron chi connectivity index (χ2n) is 5.94. The highest BCUT2D eigenvalue weighted by atomic mass is 16.3. The number of β-amino-alcohol motifs (C(OH)–C–C–N with tert-alkyl or cyclic N) is 1. The number of aliphatic hydroxyl groups is 1. The summed E-state index contributed by atoms with van der Waals surface area (Å²) >= 11 is 0. The monoisotopic (exact) mass is 288 g/mol. The van der Waals surface area contributed by atoms with Crippen LogP contribution in [-0.2, 0) is 4.79 Å². The third-order valence-electron chi connectivity index (χ3n) is 4.06. The van der Waals surface area contributed by atoms with E-state index in [0.717, 1.165) is 24.2 Å². The van der Waals surface area contributed by atoms with Crippen LogP contribution in [0.5, 0.6) is 0 Å². The maximum absolute atomic E-state index is 12.1. The molecule has 1 N–H and O–H groups in total. The highest BCUT2D eigenvalue weighted by Crippen LogP contribution is 2.18. The van der Waals surface area contributed by atoms with Gasteiger partial charge in [-0.1, -0.05) is 19.1 Å². The zero-order chi connectivity index (χ0) is 15.4. The van der Waals surface area contributed by atoms with Crippen LogP contribution in [0.25, 0.3) is 6.08 Å². The molecule has 0 saturated carbocycles. The van der Waals surface area contributed by atoms with Crippen LogP contribution in [0.1, 0.15) is 18.9 Å². The number of carbonyl (C=O) groups is 1. The van der Waals surface area contributed by atoms with Gasteiger partial charge in [-0.2, -0.15) is 0 Å². The lowest BCUT2D eigenvalue weighted by Gasteiger charge is -2.33. The van der Waals surface area contributed by atoms with Crippen molar-refractivity contribution in [2.24, 2.45) is 5.92 Å². The number of nitrogens with zero attached hydrogens (tertiary/aromatic N) is 2. The van der Waals surface area contributed by atoms with E-state index in [4.69, 9.17) is 0 Å². The lowest BCUT2D eigenvalue weighted by atomic mass is 9.96. The Balaban J connectivity index is 1.95. The van der Waals surface area contributed by atoms with Gasteiger partial charge in [0.25, 0.3) is 0 Å². The van der Waals surface area contributed by atoms with Crippen LogP contribution in [0.2, 0.25) is 0 Å². The molecule has 21 heavy (non-hydrogen) atoms. The molecule has 0 radical (unpaired) electrons. The quantitative estimate of drug-likeness (QED) is 0.865. The first kappa shape index (κ1) is 15.6. The summed E-state index contributed by atoms with van der Waals surface area (Å²) < 4.78 is 0. The maximum Gasteiger partial charge on any atom is 0.246 e. The summed E-state index contributed by atoms with van der Waals surface area (Å²) in [5.41, 5.74) is 2.13. The Morgan fingerprint density at radius 1 is 1.33 bits per heavy atom. The smallest absolute Gasteiger partial charge is 0.246 e. The van der Waals surface area contributed by atoms with Crippen molar-refractivity contribution in [3.8, 4) is 0 Å². The molecule has 1 heterocycles. The van der Waals surface area contributed by atoms with Gasteiger partial charge in [-0.05, 0) is 36.1 Å². The van der Waals surface area contributed by atoms with Crippen molar-refractivity contribution in [2.75, 3.05) is 32.1 Å². The molecule has 1 aliphatic rings. The van der Waals surface area contributed by atoms with E-state index in [2.05, 4.69) is 0 Å². The predicted molar refractivity (Wildman–Crippen MR) is 86.2 cm³/mol. The molecule has 2 atom stereocenters. The molecule has 1 aliphatic heterocycles. The van der Waals surface area contributed by atoms with E-state index in [-0.39, 0.29) is 11.8 Å². The number of carbonyl (C=O) groups excluding carboxylic acids is 1. The zero-order valence-electron chi connectivity index (χ0n) is 13.0. The average molecular weight is 288 g/mol. The van der Waals surface area contributed by atoms with Gasteiger partial charge in [0, 0.05) is 38.9 Å². The van der Waals surface area contributed by atoms with Gasteiger partial charge in [0.15, 0.2) is 0 Å². The van der Waals surface area contributed by atoms with E-state index in [1.165, 1.54) is 0 Å². The van der Waals surface area contributed by atoms with Crippen LogP contribution in [0, 0.1) is 5.92 Å². The van der Waals surface area contributed by atoms with Gasteiger partial charge in [-0.3, -0.25) is 4.79 Å². The average Bonchev–Trinajstić information content (AvgIpc) is 2.48. The molecular formula is C17H24N2O2. The van der Waals surface area contributed by atoms with Gasteiger partial charge >= 0.3 is 0 Å². The van der Waals surface area contributed by atoms with Crippen LogP contribution in [0.15, 0.2) is 30.3 Å². The number of rotatable bonds is 3. The summed E-state index contributed by atoms with van der Waals surface area (Å²) in [5, 5.41) is 9.84. The van der Waals surface area contributed by atoms with Gasteiger partial charge in [-0.15, -0.1) is 0 Å². The fourth-order valence-electron chi connectivity index (χ4n) is 2.41. The van der Waals surface area contributed by atoms with Crippen molar-refractivity contribution >= 4 is 17.7 Å². The molecule has 0 aliphatic carbocycles. The number of benzene rings is 1. The standard InChI is InChI=1S/C17H24N2O2/c1-13-10-11-19(12-16(13)20)17(21)9-6-14-4-7-15(8-5-14)18(2)3/h4-9,13,16,20H,10-12H2,1-3H3/b9-6+. The Morgan fingerprint density at radius 2 is 2.00 bits per heavy atom. The number of likely N-dealkylation sites (tertiary alicyclic amines) is 1. The molecule has 0 spiro atoms. The Morgan fingerprint density at radius 3 is 2.57 bits per heavy atom. The first-order valence-corrected chi connectivity index (χ1v) is 7.40. The van der Waals surface area contributed by atoms with Gasteiger partial charge in [0.2, 0.25) is 5.91 Å². The Hall–Kier alpha value is -1.81. The van der Waals surface area contributed by atoms with Crippen molar-refractivity contribution in [3.05, 3.63) is 35.9 Å². The zero-order valence-corrected chi connectivity index (χ0v) is 13.0. The maximum atomic E-state index is 12.1. The van der Waals surface area contributed by atoms with E-state index >= 15 is 0 Å². The number of hydrogen-bond acceptors (Lipinski definition) is 3. The first-order chi connectivity index (χ1) is 9.97. The highest BCUT2D eigenvalue weighted by molar-refractivity contribution is 5.91. The molecule has 2 rings (SSSR count). The van der Waals surface area contributed by atoms with Crippen LogP contribution in [0.3, 0.4) is 0 Å². The summed E-state index contributed by atoms with van der Waals surface area (Å²) in [6, 6.07) is 8.03. The Bertz CT molecular complexity index is 508. The molecule has 0 aromatic heterocycles. The summed E-state index contributed by atoms with van der Waals surface area (Å²) in [6.07, 6.45) is 3.87. The predicted octanol–water partition coefficient (Wildman–Crippen LogP) is 2.00. The summed E-state index contributed by atoms with van der Waals surface area (Å²) in [6.45, 7) is 3.18. The molecule has 1 amide bonds. The molecule has 0 bridgehead atoms. The van der Waals surface area contributed by atoms with Crippen molar-refractivity contribution in [1.29, 1.82) is 0 Å². The fourth-order valence-corrected chi connectivity index (χ4v) is 2.41. The number of amides is 1. The molecule has 4 nitrogen and oxygen atoms in total. The third kappa shape index (κ3) is 4.08. The van der Waals surface area contributed by atoms with Crippen molar-refractivity contribution < 1.29 is 9.90 Å². The second kappa shape index (κ2) is 6.76. The largest absolute Gasteiger partial charge is 0.391 e. The SMILES string of the molecule is CC1CCN(C(=O)/C=C/c2ccc(N(C)C)cc2)CC1O. The van der Waals surface area contributed by atoms with Crippen LogP contribution >= 0.6 is 0 Å². The third-order valence-corrected chi connectivity index (χ3v) is 4.06. The molecule has 1 aromatic carbocycles. The van der Waals surface area contributed by atoms with Crippen molar-refractivity contribution in [3.63, 3.8) is 0 Å². The van der Waals surface area contributed by atoms with E-state index < -0.39 is 6.10 Å². The number of piperidine rings is 1. The van der Waals surface area contributed by atoms with E-state index in [9.17, 15) is 9.90 Å². The lowest BCUT2D eigenvalue weighted by Crippen LogP contribution is -2.45. The van der Waals surface area contributed by atoms with Crippen LogP contribution < -0.4 is 4.90 Å². The van der Waals surface area contributed by atoms with Crippen molar-refractivity contribution in [2.45, 2.75) is 19.4 Å². The van der Waals surface area contributed by atoms with Gasteiger partial charge in [0.1, 0.15) is 0 Å². The number of anilines is 1. The van der Waals surface area contributed by atoms with Gasteiger partial charge < -0.3 is 14.9 Å². The first-order valence-electron chi connectivity index (χ1n) is 7.40. The normalized spacial score (nSPS) is 22.6. The molecular weight excluding hydrogens is 264 g/mol. The van der Waals surface area contributed by atoms with Gasteiger partial charge in [-0.25, -0.2) is 0 Å². The highest BCUT2D eigenvalue weighted by Gasteiger charge is 2.25. The molecule has 1 saturated heterocycles. The molecule has 114 valence electrons. The Labute approximate surface area is 126 Å². The summed E-state index contributed by atoms with van der Waals surface area (Å²) in [5.74, 6) is 0.245. The molecule has 1 fully saturated rings. The minimum absolute atomic E-state index is 0.0300. The van der Waals surface area contributed by atoms with E-state index in [0.29, 0.717) is 6.54 Å². The van der Waals surface area contributed by atoms with Crippen LogP contribution in [0.4, 0.5) is 5.69 Å². The molecule has 4 heteroatoms. The molecule has 1 aromatic rings. The van der Waals surface area contributed by atoms with E-state index in [1.54, 1.807) is 11.0 Å². The lowest BCUT2D eigenvalue weighted by molar-refractivity contribution is -0.130. The molecule has 2 unspecified atom stereocenters. The Kier molecular flexibility index (Phi) is 5.02. The van der Waals surface area contributed by atoms with Crippen molar-refractivity contribution in [1.82, 2.24) is 4.90 Å². The minimum atomic E-state index is -0.407. The topological polar surface area (TPSA) is 43.8 Å². The summed E-state index contributed by atoms with van der Waals surface area (Å²) in [7, 11) is 3.99. The number of hydrogen-bond donors (Lipinski definition) is 1. The van der Waals surface area contributed by atoms with Crippen LogP contribution in [-0.4, -0.2) is 49.2 Å². The summed E-state index contributed by atoms with van der Waals surface area (Å²) in [4.78, 5) is 15.9. The number of aliphatic hydroxyl groups excluding tert-OH is 1. The fraction of sp³-hybridized carbons (Fsp3) is 0.471. The van der Waals surface area contributed by atoms with Gasteiger partial charge in [0.05, 0.1) is 6.10 Å². The second-order valence-corrected chi connectivity index (χ2v) is 5.94. The van der Waals surface area contributed by atoms with E-state index in [1.807, 2.05) is 56.3 Å². The minimum Gasteiger partial charge on any atom is -0.391 e.